The molecule has 0 spiro atoms. The highest BCUT2D eigenvalue weighted by molar-refractivity contribution is 7.26. The smallest absolute Gasteiger partial charge is 0.160 e. The van der Waals surface area contributed by atoms with Gasteiger partial charge in [-0.3, -0.25) is 0 Å². The summed E-state index contributed by atoms with van der Waals surface area (Å²) in [6.07, 6.45) is 0. The van der Waals surface area contributed by atoms with Crippen LogP contribution < -0.4 is 0 Å². The molecule has 0 saturated carbocycles. The Morgan fingerprint density at radius 3 is 1.80 bits per heavy atom. The normalized spacial score (nSPS) is 11.5. The molecular formula is C47H29N3S. The standard InChI is InChI=1S/C47H29N3S/c1-3-12-33(13-4-1)45-44-39-28-36(25-26-43(39)51-46(44)38-17-9-10-18-40(38)48-45)31-19-22-32(23-20-31)41-29-42(50-47(49-41)34-14-5-2-6-15-34)37-24-21-30-11-7-8-16-35(30)27-37/h1-29H. The summed E-state index contributed by atoms with van der Waals surface area (Å²) in [6, 6.07) is 61.9. The van der Waals surface area contributed by atoms with Crippen molar-refractivity contribution >= 4 is 53.2 Å². The van der Waals surface area contributed by atoms with Crippen molar-refractivity contribution in [3.8, 4) is 56.3 Å². The van der Waals surface area contributed by atoms with Gasteiger partial charge in [0, 0.05) is 47.8 Å². The van der Waals surface area contributed by atoms with Crippen molar-refractivity contribution in [2.24, 2.45) is 0 Å². The third-order valence-corrected chi connectivity index (χ3v) is 10.9. The first-order valence-electron chi connectivity index (χ1n) is 17.1. The number of aromatic nitrogens is 3. The molecule has 4 heteroatoms. The van der Waals surface area contributed by atoms with Gasteiger partial charge < -0.3 is 0 Å². The zero-order valence-electron chi connectivity index (χ0n) is 27.5. The van der Waals surface area contributed by atoms with Gasteiger partial charge >= 0.3 is 0 Å². The Morgan fingerprint density at radius 1 is 0.373 bits per heavy atom. The van der Waals surface area contributed by atoms with Gasteiger partial charge in [-0.05, 0) is 52.2 Å². The van der Waals surface area contributed by atoms with E-state index in [-0.39, 0.29) is 0 Å². The first kappa shape index (κ1) is 29.4. The second-order valence-corrected chi connectivity index (χ2v) is 13.9. The van der Waals surface area contributed by atoms with Crippen LogP contribution in [0.15, 0.2) is 176 Å². The first-order valence-corrected chi connectivity index (χ1v) is 17.9. The van der Waals surface area contributed by atoms with Gasteiger partial charge in [-0.2, -0.15) is 0 Å². The summed E-state index contributed by atoms with van der Waals surface area (Å²) in [7, 11) is 0. The van der Waals surface area contributed by atoms with Crippen LogP contribution in [0.2, 0.25) is 0 Å². The second-order valence-electron chi connectivity index (χ2n) is 12.8. The highest BCUT2D eigenvalue weighted by Gasteiger charge is 2.17. The number of thiophene rings is 1. The molecule has 3 nitrogen and oxygen atoms in total. The van der Waals surface area contributed by atoms with Crippen LogP contribution in [0.1, 0.15) is 0 Å². The van der Waals surface area contributed by atoms with E-state index in [2.05, 4.69) is 158 Å². The average molecular weight is 668 g/mol. The molecule has 0 aliphatic rings. The van der Waals surface area contributed by atoms with Gasteiger partial charge in [0.25, 0.3) is 0 Å². The Hall–Kier alpha value is -6.49. The molecule has 238 valence electrons. The van der Waals surface area contributed by atoms with Gasteiger partial charge in [0.2, 0.25) is 0 Å². The number of benzene rings is 7. The third kappa shape index (κ3) is 5.25. The summed E-state index contributed by atoms with van der Waals surface area (Å²) < 4.78 is 2.54. The van der Waals surface area contributed by atoms with Crippen LogP contribution in [-0.4, -0.2) is 15.0 Å². The van der Waals surface area contributed by atoms with E-state index in [0.717, 1.165) is 50.4 Å². The Morgan fingerprint density at radius 2 is 1.00 bits per heavy atom. The maximum absolute atomic E-state index is 5.21. The van der Waals surface area contributed by atoms with Gasteiger partial charge in [-0.1, -0.05) is 146 Å². The number of fused-ring (bicyclic) bond motifs is 6. The number of hydrogen-bond donors (Lipinski definition) is 0. The van der Waals surface area contributed by atoms with Crippen molar-refractivity contribution in [3.63, 3.8) is 0 Å². The predicted octanol–water partition coefficient (Wildman–Crippen LogP) is 12.9. The Labute approximate surface area is 299 Å². The number of para-hydroxylation sites is 1. The Kier molecular flexibility index (Phi) is 7.00. The maximum atomic E-state index is 5.21. The molecule has 0 radical (unpaired) electrons. The molecule has 0 N–H and O–H groups in total. The molecule has 0 atom stereocenters. The van der Waals surface area contributed by atoms with Crippen LogP contribution in [0.25, 0.3) is 98.1 Å². The van der Waals surface area contributed by atoms with Gasteiger partial charge in [0.1, 0.15) is 0 Å². The summed E-state index contributed by atoms with van der Waals surface area (Å²) in [5, 5.41) is 6.05. The first-order chi connectivity index (χ1) is 25.2. The van der Waals surface area contributed by atoms with Gasteiger partial charge in [-0.25, -0.2) is 15.0 Å². The van der Waals surface area contributed by atoms with E-state index < -0.39 is 0 Å². The van der Waals surface area contributed by atoms with E-state index in [4.69, 9.17) is 15.0 Å². The van der Waals surface area contributed by atoms with Crippen molar-refractivity contribution in [2.45, 2.75) is 0 Å². The highest BCUT2D eigenvalue weighted by Crippen LogP contribution is 2.44. The fourth-order valence-corrected chi connectivity index (χ4v) is 8.31. The number of pyridine rings is 1. The Bertz CT molecular complexity index is 2900. The minimum absolute atomic E-state index is 0.713. The molecule has 0 bridgehead atoms. The highest BCUT2D eigenvalue weighted by atomic mass is 32.1. The minimum Gasteiger partial charge on any atom is -0.247 e. The predicted molar refractivity (Wildman–Crippen MR) is 215 cm³/mol. The Balaban J connectivity index is 1.08. The quantitative estimate of drug-likeness (QED) is 0.183. The van der Waals surface area contributed by atoms with E-state index >= 15 is 0 Å². The minimum atomic E-state index is 0.713. The topological polar surface area (TPSA) is 38.7 Å². The SMILES string of the molecule is c1ccc(-c2nc(-c3ccc(-c4ccc5sc6c7ccccc7nc(-c7ccccc7)c6c5c4)cc3)cc(-c3ccc4ccccc4c3)n2)cc1. The molecule has 10 rings (SSSR count). The third-order valence-electron chi connectivity index (χ3n) is 9.67. The van der Waals surface area contributed by atoms with Crippen molar-refractivity contribution in [3.05, 3.63) is 176 Å². The van der Waals surface area contributed by atoms with Crippen molar-refractivity contribution < 1.29 is 0 Å². The lowest BCUT2D eigenvalue weighted by Gasteiger charge is -2.11. The molecule has 7 aromatic carbocycles. The lowest BCUT2D eigenvalue weighted by molar-refractivity contribution is 1.18. The van der Waals surface area contributed by atoms with Crippen LogP contribution in [0.4, 0.5) is 0 Å². The van der Waals surface area contributed by atoms with E-state index in [9.17, 15) is 0 Å². The second kappa shape index (κ2) is 12.1. The van der Waals surface area contributed by atoms with Crippen LogP contribution in [0.5, 0.6) is 0 Å². The van der Waals surface area contributed by atoms with Crippen LogP contribution in [-0.2, 0) is 0 Å². The fourth-order valence-electron chi connectivity index (χ4n) is 7.09. The molecule has 0 unspecified atom stereocenters. The lowest BCUT2D eigenvalue weighted by Crippen LogP contribution is -1.96. The molecule has 3 heterocycles. The van der Waals surface area contributed by atoms with Crippen LogP contribution in [0, 0.1) is 0 Å². The summed E-state index contributed by atoms with van der Waals surface area (Å²) in [6.45, 7) is 0. The van der Waals surface area contributed by atoms with Gasteiger partial charge in [-0.15, -0.1) is 11.3 Å². The molecule has 3 aromatic heterocycles. The summed E-state index contributed by atoms with van der Waals surface area (Å²) in [5.74, 6) is 0.713. The molecular weight excluding hydrogens is 639 g/mol. The van der Waals surface area contributed by atoms with Crippen molar-refractivity contribution in [1.29, 1.82) is 0 Å². The van der Waals surface area contributed by atoms with E-state index in [1.165, 1.54) is 41.9 Å². The van der Waals surface area contributed by atoms with E-state index in [1.807, 2.05) is 29.5 Å². The van der Waals surface area contributed by atoms with Crippen molar-refractivity contribution in [1.82, 2.24) is 15.0 Å². The lowest BCUT2D eigenvalue weighted by atomic mass is 9.98. The molecule has 0 fully saturated rings. The molecule has 10 aromatic rings. The summed E-state index contributed by atoms with van der Waals surface area (Å²) >= 11 is 1.85. The molecule has 0 amide bonds. The largest absolute Gasteiger partial charge is 0.247 e. The number of nitrogens with zero attached hydrogens (tertiary/aromatic N) is 3. The van der Waals surface area contributed by atoms with Gasteiger partial charge in [0.15, 0.2) is 5.82 Å². The molecule has 0 aliphatic carbocycles. The molecule has 0 saturated heterocycles. The fraction of sp³-hybridized carbons (Fsp3) is 0. The zero-order valence-corrected chi connectivity index (χ0v) is 28.3. The van der Waals surface area contributed by atoms with Crippen LogP contribution >= 0.6 is 11.3 Å². The molecule has 0 aliphatic heterocycles. The number of hydrogen-bond acceptors (Lipinski definition) is 4. The van der Waals surface area contributed by atoms with E-state index in [1.54, 1.807) is 0 Å². The number of rotatable bonds is 5. The van der Waals surface area contributed by atoms with Crippen LogP contribution in [0.3, 0.4) is 0 Å². The van der Waals surface area contributed by atoms with E-state index in [0.29, 0.717) is 5.82 Å². The monoisotopic (exact) mass is 667 g/mol. The summed E-state index contributed by atoms with van der Waals surface area (Å²) in [4.78, 5) is 15.3. The average Bonchev–Trinajstić information content (AvgIpc) is 3.60. The van der Waals surface area contributed by atoms with Gasteiger partial charge in [0.05, 0.1) is 22.6 Å². The maximum Gasteiger partial charge on any atom is 0.160 e. The molecule has 51 heavy (non-hydrogen) atoms. The summed E-state index contributed by atoms with van der Waals surface area (Å²) in [5.41, 5.74) is 10.4. The van der Waals surface area contributed by atoms with Crippen molar-refractivity contribution in [2.75, 3.05) is 0 Å². The zero-order chi connectivity index (χ0) is 33.7.